The number of rotatable bonds is 3. The van der Waals surface area contributed by atoms with Crippen LogP contribution in [-0.4, -0.2) is 21.6 Å². The van der Waals surface area contributed by atoms with Gasteiger partial charge in [0.1, 0.15) is 0 Å². The number of nitro benzene ring substituents is 1. The van der Waals surface area contributed by atoms with E-state index >= 15 is 0 Å². The van der Waals surface area contributed by atoms with Crippen molar-refractivity contribution in [1.29, 1.82) is 0 Å². The average Bonchev–Trinajstić information content (AvgIpc) is 3.08. The molecule has 1 atom stereocenters. The fourth-order valence-corrected chi connectivity index (χ4v) is 2.60. The molecule has 7 nitrogen and oxygen atoms in total. The van der Waals surface area contributed by atoms with Gasteiger partial charge in [-0.2, -0.15) is 4.98 Å². The van der Waals surface area contributed by atoms with Crippen LogP contribution in [0.4, 0.5) is 5.69 Å². The number of aryl methyl sites for hydroxylation is 1. The third-order valence-corrected chi connectivity index (χ3v) is 3.94. The van der Waals surface area contributed by atoms with Gasteiger partial charge in [0.05, 0.1) is 10.5 Å². The second-order valence-corrected chi connectivity index (χ2v) is 5.54. The van der Waals surface area contributed by atoms with E-state index in [4.69, 9.17) is 4.52 Å². The van der Waals surface area contributed by atoms with Crippen LogP contribution in [-0.2, 0) is 5.54 Å². The summed E-state index contributed by atoms with van der Waals surface area (Å²) in [5, 5.41) is 18.2. The minimum absolute atomic E-state index is 0.0205. The van der Waals surface area contributed by atoms with Crippen LogP contribution in [0.5, 0.6) is 0 Å². The summed E-state index contributed by atoms with van der Waals surface area (Å²) in [6.45, 7) is 4.81. The normalized spacial score (nSPS) is 21.6. The Labute approximate surface area is 121 Å². The van der Waals surface area contributed by atoms with Gasteiger partial charge in [-0.3, -0.25) is 10.1 Å². The van der Waals surface area contributed by atoms with Crippen LogP contribution in [0.1, 0.15) is 31.2 Å². The van der Waals surface area contributed by atoms with Crippen molar-refractivity contribution >= 4 is 5.69 Å². The fraction of sp³-hybridized carbons (Fsp3) is 0.429. The molecule has 2 heterocycles. The first-order valence-corrected chi connectivity index (χ1v) is 6.84. The highest BCUT2D eigenvalue weighted by molar-refractivity contribution is 5.63. The van der Waals surface area contributed by atoms with Crippen molar-refractivity contribution in [1.82, 2.24) is 15.5 Å². The predicted octanol–water partition coefficient (Wildman–Crippen LogP) is 2.55. The van der Waals surface area contributed by atoms with Crippen molar-refractivity contribution in [3.05, 3.63) is 39.8 Å². The van der Waals surface area contributed by atoms with Gasteiger partial charge in [0.25, 0.3) is 5.69 Å². The molecule has 1 aliphatic rings. The van der Waals surface area contributed by atoms with E-state index in [1.54, 1.807) is 6.07 Å². The molecule has 1 aliphatic heterocycles. The lowest BCUT2D eigenvalue weighted by molar-refractivity contribution is -0.384. The van der Waals surface area contributed by atoms with E-state index in [9.17, 15) is 10.1 Å². The molecule has 21 heavy (non-hydrogen) atoms. The molecular weight excluding hydrogens is 272 g/mol. The molecule has 0 saturated carbocycles. The van der Waals surface area contributed by atoms with Gasteiger partial charge in [0.2, 0.25) is 11.7 Å². The predicted molar refractivity (Wildman–Crippen MR) is 75.7 cm³/mol. The van der Waals surface area contributed by atoms with E-state index in [1.165, 1.54) is 12.1 Å². The summed E-state index contributed by atoms with van der Waals surface area (Å²) in [6.07, 6.45) is 1.99. The van der Waals surface area contributed by atoms with E-state index < -0.39 is 4.92 Å². The summed E-state index contributed by atoms with van der Waals surface area (Å²) in [5.41, 5.74) is 1.21. The Bertz CT molecular complexity index is 689. The highest BCUT2D eigenvalue weighted by Gasteiger charge is 2.36. The molecule has 0 aliphatic carbocycles. The highest BCUT2D eigenvalue weighted by atomic mass is 16.6. The van der Waals surface area contributed by atoms with E-state index in [0.29, 0.717) is 17.3 Å². The first kappa shape index (κ1) is 13.7. The van der Waals surface area contributed by atoms with Crippen molar-refractivity contribution in [3.63, 3.8) is 0 Å². The van der Waals surface area contributed by atoms with Gasteiger partial charge in [-0.25, -0.2) is 0 Å². The van der Waals surface area contributed by atoms with Crippen molar-refractivity contribution in [2.24, 2.45) is 0 Å². The Hall–Kier alpha value is -2.28. The number of nitrogens with zero attached hydrogens (tertiary/aromatic N) is 3. The number of nitro groups is 1. The SMILES string of the molecule is Cc1ccc([N+](=O)[O-])cc1-c1noc(C2(C)CCCN2)n1. The molecule has 110 valence electrons. The van der Waals surface area contributed by atoms with Crippen LogP contribution in [0.15, 0.2) is 22.7 Å². The molecule has 0 amide bonds. The Balaban J connectivity index is 2.00. The van der Waals surface area contributed by atoms with E-state index in [-0.39, 0.29) is 11.2 Å². The second-order valence-electron chi connectivity index (χ2n) is 5.54. The summed E-state index contributed by atoms with van der Waals surface area (Å²) in [4.78, 5) is 14.9. The fourth-order valence-electron chi connectivity index (χ4n) is 2.60. The standard InChI is InChI=1S/C14H16N4O3/c1-9-4-5-10(18(19)20)8-11(9)12-16-13(21-17-12)14(2)6-3-7-15-14/h4-5,8,15H,3,6-7H2,1-2H3. The van der Waals surface area contributed by atoms with E-state index in [2.05, 4.69) is 15.5 Å². The van der Waals surface area contributed by atoms with Crippen LogP contribution in [0, 0.1) is 17.0 Å². The number of nitrogens with one attached hydrogen (secondary N) is 1. The van der Waals surface area contributed by atoms with Crippen LogP contribution in [0.3, 0.4) is 0 Å². The summed E-state index contributed by atoms with van der Waals surface area (Å²) < 4.78 is 5.37. The third-order valence-electron chi connectivity index (χ3n) is 3.94. The zero-order valence-electron chi connectivity index (χ0n) is 11.9. The molecule has 1 N–H and O–H groups in total. The third kappa shape index (κ3) is 2.40. The summed E-state index contributed by atoms with van der Waals surface area (Å²) in [7, 11) is 0. The lowest BCUT2D eigenvalue weighted by Gasteiger charge is -2.18. The van der Waals surface area contributed by atoms with Crippen molar-refractivity contribution < 1.29 is 9.45 Å². The van der Waals surface area contributed by atoms with E-state index in [0.717, 1.165) is 24.9 Å². The van der Waals surface area contributed by atoms with Crippen LogP contribution < -0.4 is 5.32 Å². The molecular formula is C14H16N4O3. The van der Waals surface area contributed by atoms with Gasteiger partial charge < -0.3 is 9.84 Å². The Morgan fingerprint density at radius 2 is 2.29 bits per heavy atom. The molecule has 1 saturated heterocycles. The molecule has 0 bridgehead atoms. The quantitative estimate of drug-likeness (QED) is 0.689. The Morgan fingerprint density at radius 1 is 1.48 bits per heavy atom. The first-order valence-electron chi connectivity index (χ1n) is 6.84. The first-order chi connectivity index (χ1) is 9.99. The minimum Gasteiger partial charge on any atom is -0.337 e. The molecule has 1 aromatic heterocycles. The van der Waals surface area contributed by atoms with Gasteiger partial charge in [-0.15, -0.1) is 0 Å². The number of aromatic nitrogens is 2. The van der Waals surface area contributed by atoms with Crippen molar-refractivity contribution in [2.75, 3.05) is 6.54 Å². The van der Waals surface area contributed by atoms with Crippen LogP contribution >= 0.6 is 0 Å². The van der Waals surface area contributed by atoms with Crippen molar-refractivity contribution in [2.45, 2.75) is 32.2 Å². The molecule has 2 aromatic rings. The largest absolute Gasteiger partial charge is 0.337 e. The van der Waals surface area contributed by atoms with Crippen LogP contribution in [0.25, 0.3) is 11.4 Å². The average molecular weight is 288 g/mol. The Morgan fingerprint density at radius 3 is 2.95 bits per heavy atom. The van der Waals surface area contributed by atoms with Crippen LogP contribution in [0.2, 0.25) is 0 Å². The zero-order valence-corrected chi connectivity index (χ0v) is 11.9. The second kappa shape index (κ2) is 4.92. The topological polar surface area (TPSA) is 94.1 Å². The summed E-state index contributed by atoms with van der Waals surface area (Å²) in [6, 6.07) is 4.65. The lowest BCUT2D eigenvalue weighted by atomic mass is 10.0. The summed E-state index contributed by atoms with van der Waals surface area (Å²) in [5.74, 6) is 0.919. The number of non-ortho nitro benzene ring substituents is 1. The van der Waals surface area contributed by atoms with Gasteiger partial charge >= 0.3 is 0 Å². The smallest absolute Gasteiger partial charge is 0.270 e. The molecule has 1 fully saturated rings. The molecule has 7 heteroatoms. The molecule has 3 rings (SSSR count). The van der Waals surface area contributed by atoms with Gasteiger partial charge in [-0.05, 0) is 38.8 Å². The number of benzene rings is 1. The molecule has 1 unspecified atom stereocenters. The van der Waals surface area contributed by atoms with Crippen molar-refractivity contribution in [3.8, 4) is 11.4 Å². The van der Waals surface area contributed by atoms with E-state index in [1.807, 2.05) is 13.8 Å². The number of hydrogen-bond acceptors (Lipinski definition) is 6. The maximum atomic E-state index is 10.9. The Kier molecular flexibility index (Phi) is 3.21. The zero-order chi connectivity index (χ0) is 15.0. The maximum absolute atomic E-state index is 10.9. The number of hydrogen-bond donors (Lipinski definition) is 1. The molecule has 0 radical (unpaired) electrons. The van der Waals surface area contributed by atoms with Gasteiger partial charge in [0, 0.05) is 17.7 Å². The molecule has 0 spiro atoms. The van der Waals surface area contributed by atoms with Gasteiger partial charge in [-0.1, -0.05) is 11.2 Å². The minimum atomic E-state index is -0.427. The summed E-state index contributed by atoms with van der Waals surface area (Å²) >= 11 is 0. The maximum Gasteiger partial charge on any atom is 0.270 e. The van der Waals surface area contributed by atoms with Gasteiger partial charge in [0.15, 0.2) is 0 Å². The monoisotopic (exact) mass is 288 g/mol. The lowest BCUT2D eigenvalue weighted by Crippen LogP contribution is -2.33. The molecule has 1 aromatic carbocycles. The highest BCUT2D eigenvalue weighted by Crippen LogP contribution is 2.31.